The Hall–Kier alpha value is -1.56. The molecule has 0 aromatic heterocycles. The molecule has 1 fully saturated rings. The molecule has 6 nitrogen and oxygen atoms in total. The topological polar surface area (TPSA) is 78.9 Å². The number of likely N-dealkylation sites (tertiary alicyclic amines) is 1. The molecule has 1 unspecified atom stereocenters. The van der Waals surface area contributed by atoms with Crippen molar-refractivity contribution < 1.29 is 19.4 Å². The maximum Gasteiger partial charge on any atom is 0.317 e. The van der Waals surface area contributed by atoms with Crippen molar-refractivity contribution in [3.8, 4) is 0 Å². The van der Waals surface area contributed by atoms with Crippen LogP contribution in [0.15, 0.2) is 12.2 Å². The molecule has 0 spiro atoms. The zero-order chi connectivity index (χ0) is 14.5. The zero-order valence-corrected chi connectivity index (χ0v) is 11.6. The Balaban J connectivity index is 2.25. The van der Waals surface area contributed by atoms with E-state index in [-0.39, 0.29) is 12.6 Å². The number of urea groups is 1. The highest BCUT2D eigenvalue weighted by atomic mass is 16.5. The van der Waals surface area contributed by atoms with Gasteiger partial charge in [-0.1, -0.05) is 12.2 Å². The van der Waals surface area contributed by atoms with E-state index in [1.54, 1.807) is 6.92 Å². The number of carboxylic acids is 1. The minimum absolute atomic E-state index is 0.232. The number of nitrogens with zero attached hydrogens (tertiary/aromatic N) is 1. The van der Waals surface area contributed by atoms with E-state index in [1.807, 2.05) is 6.92 Å². The van der Waals surface area contributed by atoms with Crippen molar-refractivity contribution in [1.29, 1.82) is 0 Å². The lowest BCUT2D eigenvalue weighted by molar-refractivity contribution is -0.146. The van der Waals surface area contributed by atoms with Crippen LogP contribution in [0.2, 0.25) is 0 Å². The largest absolute Gasteiger partial charge is 0.481 e. The lowest BCUT2D eigenvalue weighted by Gasteiger charge is -2.20. The highest BCUT2D eigenvalue weighted by Crippen LogP contribution is 2.29. The van der Waals surface area contributed by atoms with E-state index >= 15 is 0 Å². The molecule has 0 saturated carbocycles. The number of amides is 2. The Morgan fingerprint density at radius 3 is 2.74 bits per heavy atom. The Labute approximate surface area is 113 Å². The van der Waals surface area contributed by atoms with E-state index in [0.29, 0.717) is 32.7 Å². The van der Waals surface area contributed by atoms with Crippen LogP contribution in [0.3, 0.4) is 0 Å². The van der Waals surface area contributed by atoms with Gasteiger partial charge in [-0.25, -0.2) is 4.79 Å². The molecule has 1 aliphatic rings. The van der Waals surface area contributed by atoms with Crippen LogP contribution in [0, 0.1) is 5.41 Å². The molecule has 2 amide bonds. The van der Waals surface area contributed by atoms with Crippen LogP contribution < -0.4 is 5.32 Å². The van der Waals surface area contributed by atoms with Crippen LogP contribution in [-0.2, 0) is 9.53 Å². The third-order valence-corrected chi connectivity index (χ3v) is 3.15. The second-order valence-corrected chi connectivity index (χ2v) is 5.28. The summed E-state index contributed by atoms with van der Waals surface area (Å²) in [7, 11) is 0. The molecule has 0 aromatic carbocycles. The molecule has 108 valence electrons. The van der Waals surface area contributed by atoms with Gasteiger partial charge in [-0.3, -0.25) is 4.79 Å². The highest BCUT2D eigenvalue weighted by Gasteiger charge is 2.42. The van der Waals surface area contributed by atoms with Gasteiger partial charge in [0.25, 0.3) is 0 Å². The van der Waals surface area contributed by atoms with Gasteiger partial charge in [-0.2, -0.15) is 0 Å². The average Bonchev–Trinajstić information content (AvgIpc) is 2.72. The molecule has 1 aliphatic heterocycles. The number of carbonyl (C=O) groups excluding carboxylic acids is 1. The van der Waals surface area contributed by atoms with Crippen LogP contribution in [0.5, 0.6) is 0 Å². The fraction of sp³-hybridized carbons (Fsp3) is 0.692. The first-order chi connectivity index (χ1) is 8.85. The first-order valence-electron chi connectivity index (χ1n) is 6.33. The van der Waals surface area contributed by atoms with Gasteiger partial charge in [-0.05, 0) is 20.3 Å². The molecule has 0 aliphatic carbocycles. The van der Waals surface area contributed by atoms with Gasteiger partial charge in [0.05, 0.1) is 18.6 Å². The summed E-state index contributed by atoms with van der Waals surface area (Å²) in [5.74, 6) is -0.854. The van der Waals surface area contributed by atoms with Gasteiger partial charge in [0.2, 0.25) is 0 Å². The monoisotopic (exact) mass is 270 g/mol. The van der Waals surface area contributed by atoms with Gasteiger partial charge in [0, 0.05) is 19.6 Å². The minimum Gasteiger partial charge on any atom is -0.481 e. The number of carbonyl (C=O) groups is 2. The molecule has 1 heterocycles. The summed E-state index contributed by atoms with van der Waals surface area (Å²) in [6.07, 6.45) is 0.488. The molecular weight excluding hydrogens is 248 g/mol. The number of ether oxygens (including phenoxy) is 1. The maximum atomic E-state index is 11.8. The van der Waals surface area contributed by atoms with E-state index in [9.17, 15) is 9.59 Å². The summed E-state index contributed by atoms with van der Waals surface area (Å²) in [5.41, 5.74) is 0.108. The molecule has 0 radical (unpaired) electrons. The number of aliphatic carboxylic acids is 1. The van der Waals surface area contributed by atoms with Crippen molar-refractivity contribution in [2.24, 2.45) is 5.41 Å². The second kappa shape index (κ2) is 6.56. The number of nitrogens with one attached hydrogen (secondary N) is 1. The van der Waals surface area contributed by atoms with E-state index in [0.717, 1.165) is 5.57 Å². The Bertz CT molecular complexity index is 370. The molecule has 2 N–H and O–H groups in total. The van der Waals surface area contributed by atoms with Crippen LogP contribution in [0.4, 0.5) is 4.79 Å². The summed E-state index contributed by atoms with van der Waals surface area (Å²) < 4.78 is 5.26. The van der Waals surface area contributed by atoms with Gasteiger partial charge in [0.1, 0.15) is 0 Å². The van der Waals surface area contributed by atoms with Gasteiger partial charge >= 0.3 is 12.0 Å². The Morgan fingerprint density at radius 1 is 1.53 bits per heavy atom. The van der Waals surface area contributed by atoms with Crippen molar-refractivity contribution in [2.45, 2.75) is 20.3 Å². The molecular formula is C13H22N2O4. The van der Waals surface area contributed by atoms with Crippen LogP contribution in [-0.4, -0.2) is 54.9 Å². The van der Waals surface area contributed by atoms with Crippen molar-refractivity contribution in [1.82, 2.24) is 10.2 Å². The third kappa shape index (κ3) is 4.55. The first kappa shape index (κ1) is 15.5. The Morgan fingerprint density at radius 2 is 2.21 bits per heavy atom. The van der Waals surface area contributed by atoms with Crippen LogP contribution >= 0.6 is 0 Å². The smallest absolute Gasteiger partial charge is 0.317 e. The number of hydrogen-bond acceptors (Lipinski definition) is 3. The molecule has 0 bridgehead atoms. The van der Waals surface area contributed by atoms with Crippen molar-refractivity contribution >= 4 is 12.0 Å². The summed E-state index contributed by atoms with van der Waals surface area (Å²) in [6.45, 7) is 9.28. The normalized spacial score (nSPS) is 22.3. The molecule has 19 heavy (non-hydrogen) atoms. The molecule has 1 saturated heterocycles. The highest BCUT2D eigenvalue weighted by molar-refractivity contribution is 5.79. The maximum absolute atomic E-state index is 11.8. The summed E-state index contributed by atoms with van der Waals surface area (Å²) in [4.78, 5) is 24.4. The lowest BCUT2D eigenvalue weighted by atomic mass is 9.90. The van der Waals surface area contributed by atoms with Crippen molar-refractivity contribution in [3.63, 3.8) is 0 Å². The van der Waals surface area contributed by atoms with Gasteiger partial charge in [-0.15, -0.1) is 0 Å². The van der Waals surface area contributed by atoms with E-state index in [2.05, 4.69) is 11.9 Å². The first-order valence-corrected chi connectivity index (χ1v) is 6.33. The van der Waals surface area contributed by atoms with E-state index < -0.39 is 11.4 Å². The summed E-state index contributed by atoms with van der Waals surface area (Å²) in [5, 5.41) is 11.8. The van der Waals surface area contributed by atoms with E-state index in [4.69, 9.17) is 9.84 Å². The van der Waals surface area contributed by atoms with Crippen molar-refractivity contribution in [3.05, 3.63) is 12.2 Å². The predicted octanol–water partition coefficient (Wildman–Crippen LogP) is 1.09. The molecule has 1 atom stereocenters. The fourth-order valence-electron chi connectivity index (χ4n) is 1.90. The zero-order valence-electron chi connectivity index (χ0n) is 11.6. The van der Waals surface area contributed by atoms with Gasteiger partial charge < -0.3 is 20.1 Å². The summed E-state index contributed by atoms with van der Waals surface area (Å²) >= 11 is 0. The second-order valence-electron chi connectivity index (χ2n) is 5.28. The molecule has 0 aromatic rings. The average molecular weight is 270 g/mol. The predicted molar refractivity (Wildman–Crippen MR) is 71.0 cm³/mol. The SMILES string of the molecule is C=C(C)COCCNC(=O)N1CCC(C)(C(=O)O)C1. The molecule has 6 heteroatoms. The van der Waals surface area contributed by atoms with E-state index in [1.165, 1.54) is 4.90 Å². The fourth-order valence-corrected chi connectivity index (χ4v) is 1.90. The summed E-state index contributed by atoms with van der Waals surface area (Å²) in [6, 6.07) is -0.232. The lowest BCUT2D eigenvalue weighted by Crippen LogP contribution is -2.42. The molecule has 1 rings (SSSR count). The third-order valence-electron chi connectivity index (χ3n) is 3.15. The standard InChI is InChI=1S/C13H22N2O4/c1-10(2)8-19-7-5-14-12(18)15-6-4-13(3,9-15)11(16)17/h1,4-9H2,2-3H3,(H,14,18)(H,16,17). The van der Waals surface area contributed by atoms with Crippen LogP contribution in [0.1, 0.15) is 20.3 Å². The number of hydrogen-bond donors (Lipinski definition) is 2. The Kier molecular flexibility index (Phi) is 5.35. The minimum atomic E-state index is -0.854. The number of rotatable bonds is 6. The van der Waals surface area contributed by atoms with Gasteiger partial charge in [0.15, 0.2) is 0 Å². The van der Waals surface area contributed by atoms with Crippen molar-refractivity contribution in [2.75, 3.05) is 32.8 Å². The number of carboxylic acid groups (broad SMARTS) is 1. The quantitative estimate of drug-likeness (QED) is 0.559. The van der Waals surface area contributed by atoms with Crippen LogP contribution in [0.25, 0.3) is 0 Å².